The van der Waals surface area contributed by atoms with E-state index in [1.807, 2.05) is 72.8 Å². The quantitative estimate of drug-likeness (QED) is 0.430. The highest BCUT2D eigenvalue weighted by Gasteiger charge is 2.05. The van der Waals surface area contributed by atoms with Crippen molar-refractivity contribution in [1.82, 2.24) is 4.98 Å². The van der Waals surface area contributed by atoms with E-state index >= 15 is 0 Å². The topological polar surface area (TPSA) is 22.1 Å². The summed E-state index contributed by atoms with van der Waals surface area (Å²) in [6, 6.07) is 26.5. The van der Waals surface area contributed by atoms with E-state index in [0.29, 0.717) is 12.2 Å². The second-order valence-corrected chi connectivity index (χ2v) is 6.19. The van der Waals surface area contributed by atoms with E-state index in [0.717, 1.165) is 27.9 Å². The minimum atomic E-state index is -0.249. The van der Waals surface area contributed by atoms with Crippen LogP contribution in [0, 0.1) is 5.82 Å². The summed E-state index contributed by atoms with van der Waals surface area (Å²) in [6.45, 7) is 0.483. The summed E-state index contributed by atoms with van der Waals surface area (Å²) in [4.78, 5) is 4.70. The van der Waals surface area contributed by atoms with Crippen molar-refractivity contribution in [2.75, 3.05) is 0 Å². The van der Waals surface area contributed by atoms with Gasteiger partial charge in [0.05, 0.1) is 5.69 Å². The Labute approximate surface area is 157 Å². The number of rotatable bonds is 5. The third-order valence-corrected chi connectivity index (χ3v) is 4.28. The lowest BCUT2D eigenvalue weighted by atomic mass is 10.1. The lowest BCUT2D eigenvalue weighted by Gasteiger charge is -2.09. The first-order valence-electron chi connectivity index (χ1n) is 8.79. The van der Waals surface area contributed by atoms with Gasteiger partial charge in [0, 0.05) is 10.9 Å². The Hall–Kier alpha value is -3.46. The van der Waals surface area contributed by atoms with Crippen LogP contribution in [-0.2, 0) is 6.61 Å². The van der Waals surface area contributed by atoms with E-state index in [9.17, 15) is 4.39 Å². The number of halogens is 1. The molecule has 0 unspecified atom stereocenters. The van der Waals surface area contributed by atoms with Gasteiger partial charge < -0.3 is 4.74 Å². The molecule has 0 saturated carbocycles. The van der Waals surface area contributed by atoms with Gasteiger partial charge in [-0.05, 0) is 35.9 Å². The summed E-state index contributed by atoms with van der Waals surface area (Å²) >= 11 is 0. The molecule has 0 fully saturated rings. The number of fused-ring (bicyclic) bond motifs is 1. The Kier molecular flexibility index (Phi) is 4.93. The molecule has 0 amide bonds. The molecule has 132 valence electrons. The fraction of sp³-hybridized carbons (Fsp3) is 0.0417. The van der Waals surface area contributed by atoms with Crippen molar-refractivity contribution in [2.45, 2.75) is 6.61 Å². The molecule has 4 rings (SSSR count). The van der Waals surface area contributed by atoms with Crippen LogP contribution in [0.5, 0.6) is 5.75 Å². The second kappa shape index (κ2) is 7.83. The molecule has 0 saturated heterocycles. The van der Waals surface area contributed by atoms with Gasteiger partial charge in [-0.25, -0.2) is 9.37 Å². The zero-order valence-electron chi connectivity index (χ0n) is 14.7. The zero-order valence-corrected chi connectivity index (χ0v) is 14.7. The van der Waals surface area contributed by atoms with Crippen LogP contribution in [0.15, 0.2) is 84.9 Å². The highest BCUT2D eigenvalue weighted by atomic mass is 19.1. The van der Waals surface area contributed by atoms with Gasteiger partial charge in [0.1, 0.15) is 23.7 Å². The number of hydrogen-bond donors (Lipinski definition) is 0. The Bertz CT molecular complexity index is 1090. The first-order chi connectivity index (χ1) is 13.3. The SMILES string of the molecule is Fc1ccccc1/C=C\c1ccc2cccc(OCc3ccccc3)c2n1. The van der Waals surface area contributed by atoms with Crippen LogP contribution >= 0.6 is 0 Å². The van der Waals surface area contributed by atoms with Crippen molar-refractivity contribution in [3.8, 4) is 5.75 Å². The first kappa shape index (κ1) is 17.0. The highest BCUT2D eigenvalue weighted by Crippen LogP contribution is 2.25. The molecule has 1 heterocycles. The zero-order chi connectivity index (χ0) is 18.5. The molecular formula is C24H18FNO. The summed E-state index contributed by atoms with van der Waals surface area (Å²) in [6.07, 6.45) is 3.54. The largest absolute Gasteiger partial charge is 0.487 e. The van der Waals surface area contributed by atoms with Crippen LogP contribution in [0.25, 0.3) is 23.1 Å². The van der Waals surface area contributed by atoms with Gasteiger partial charge in [-0.1, -0.05) is 66.7 Å². The van der Waals surface area contributed by atoms with Gasteiger partial charge in [0.25, 0.3) is 0 Å². The van der Waals surface area contributed by atoms with Crippen molar-refractivity contribution < 1.29 is 9.13 Å². The lowest BCUT2D eigenvalue weighted by molar-refractivity contribution is 0.309. The second-order valence-electron chi connectivity index (χ2n) is 6.19. The molecule has 0 bridgehead atoms. The Morgan fingerprint density at radius 1 is 0.778 bits per heavy atom. The van der Waals surface area contributed by atoms with Crippen LogP contribution in [0.1, 0.15) is 16.8 Å². The molecule has 0 spiro atoms. The van der Waals surface area contributed by atoms with Crippen LogP contribution in [-0.4, -0.2) is 4.98 Å². The van der Waals surface area contributed by atoms with Crippen LogP contribution < -0.4 is 4.74 Å². The van der Waals surface area contributed by atoms with Gasteiger partial charge in [-0.15, -0.1) is 0 Å². The minimum absolute atomic E-state index is 0.249. The van der Waals surface area contributed by atoms with E-state index in [1.54, 1.807) is 18.2 Å². The normalized spacial score (nSPS) is 11.1. The maximum atomic E-state index is 13.8. The van der Waals surface area contributed by atoms with Gasteiger partial charge in [0.2, 0.25) is 0 Å². The third-order valence-electron chi connectivity index (χ3n) is 4.28. The molecule has 0 radical (unpaired) electrons. The molecule has 0 aliphatic heterocycles. The molecule has 2 nitrogen and oxygen atoms in total. The summed E-state index contributed by atoms with van der Waals surface area (Å²) in [7, 11) is 0. The van der Waals surface area contributed by atoms with Crippen LogP contribution in [0.2, 0.25) is 0 Å². The maximum Gasteiger partial charge on any atom is 0.146 e. The fourth-order valence-corrected chi connectivity index (χ4v) is 2.87. The predicted molar refractivity (Wildman–Crippen MR) is 108 cm³/mol. The van der Waals surface area contributed by atoms with Crippen molar-refractivity contribution >= 4 is 23.1 Å². The first-order valence-corrected chi connectivity index (χ1v) is 8.79. The van der Waals surface area contributed by atoms with E-state index in [4.69, 9.17) is 9.72 Å². The summed E-state index contributed by atoms with van der Waals surface area (Å²) in [5.74, 6) is 0.485. The summed E-state index contributed by atoms with van der Waals surface area (Å²) < 4.78 is 19.8. The smallest absolute Gasteiger partial charge is 0.146 e. The minimum Gasteiger partial charge on any atom is -0.487 e. The molecule has 4 aromatic rings. The molecule has 3 aromatic carbocycles. The van der Waals surface area contributed by atoms with Crippen molar-refractivity contribution in [3.63, 3.8) is 0 Å². The fourth-order valence-electron chi connectivity index (χ4n) is 2.87. The van der Waals surface area contributed by atoms with Crippen LogP contribution in [0.4, 0.5) is 4.39 Å². The molecule has 0 aliphatic carbocycles. The number of ether oxygens (including phenoxy) is 1. The van der Waals surface area contributed by atoms with E-state index in [-0.39, 0.29) is 5.82 Å². The summed E-state index contributed by atoms with van der Waals surface area (Å²) in [5, 5.41) is 1.00. The van der Waals surface area contributed by atoms with E-state index in [2.05, 4.69) is 0 Å². The predicted octanol–water partition coefficient (Wildman–Crippen LogP) is 6.12. The number of nitrogens with zero attached hydrogens (tertiary/aromatic N) is 1. The molecule has 3 heteroatoms. The lowest BCUT2D eigenvalue weighted by Crippen LogP contribution is -1.97. The maximum absolute atomic E-state index is 13.8. The van der Waals surface area contributed by atoms with Crippen molar-refractivity contribution in [3.05, 3.63) is 108 Å². The Morgan fingerprint density at radius 2 is 1.59 bits per heavy atom. The van der Waals surface area contributed by atoms with Gasteiger partial charge in [-0.2, -0.15) is 0 Å². The highest BCUT2D eigenvalue weighted by molar-refractivity contribution is 5.86. The molecular weight excluding hydrogens is 337 g/mol. The monoisotopic (exact) mass is 355 g/mol. The Morgan fingerprint density at radius 3 is 2.44 bits per heavy atom. The molecule has 0 N–H and O–H groups in total. The van der Waals surface area contributed by atoms with Gasteiger partial charge in [-0.3, -0.25) is 0 Å². The average molecular weight is 355 g/mol. The molecule has 0 atom stereocenters. The number of benzene rings is 3. The van der Waals surface area contributed by atoms with Crippen LogP contribution in [0.3, 0.4) is 0 Å². The molecule has 0 aliphatic rings. The summed E-state index contributed by atoms with van der Waals surface area (Å²) in [5.41, 5.74) is 3.18. The van der Waals surface area contributed by atoms with Gasteiger partial charge >= 0.3 is 0 Å². The number of aromatic nitrogens is 1. The Balaban J connectivity index is 1.62. The molecule has 1 aromatic heterocycles. The van der Waals surface area contributed by atoms with Gasteiger partial charge in [0.15, 0.2) is 0 Å². The number of pyridine rings is 1. The average Bonchev–Trinajstić information content (AvgIpc) is 2.72. The van der Waals surface area contributed by atoms with E-state index in [1.165, 1.54) is 6.07 Å². The standard InChI is InChI=1S/C24H18FNO/c25-22-11-5-4-9-19(22)13-15-21-16-14-20-10-6-12-23(24(20)26-21)27-17-18-7-2-1-3-8-18/h1-16H,17H2/b15-13-. The number of para-hydroxylation sites is 1. The van der Waals surface area contributed by atoms with Crippen molar-refractivity contribution in [2.24, 2.45) is 0 Å². The number of hydrogen-bond acceptors (Lipinski definition) is 2. The van der Waals surface area contributed by atoms with E-state index < -0.39 is 0 Å². The third kappa shape index (κ3) is 4.04. The molecule has 27 heavy (non-hydrogen) atoms. The van der Waals surface area contributed by atoms with Crippen molar-refractivity contribution in [1.29, 1.82) is 0 Å².